The van der Waals surface area contributed by atoms with Crippen LogP contribution in [0.15, 0.2) is 47.7 Å². The van der Waals surface area contributed by atoms with E-state index in [0.717, 1.165) is 29.3 Å². The van der Waals surface area contributed by atoms with Gasteiger partial charge in [0.1, 0.15) is 11.5 Å². The number of anilines is 1. The largest absolute Gasteiger partial charge is 0.508 e. The summed E-state index contributed by atoms with van der Waals surface area (Å²) in [6.45, 7) is 3.95. The van der Waals surface area contributed by atoms with E-state index in [1.165, 1.54) is 6.07 Å². The Labute approximate surface area is 164 Å². The topological polar surface area (TPSA) is 107 Å². The molecule has 0 aliphatic heterocycles. The number of rotatable bonds is 3. The highest BCUT2D eigenvalue weighted by Gasteiger charge is 2.19. The molecule has 0 saturated carbocycles. The number of aromatic hydroxyl groups is 2. The van der Waals surface area contributed by atoms with E-state index in [4.69, 9.17) is 10.9 Å². The fraction of sp³-hybridized carbons (Fsp3) is 0.286. The van der Waals surface area contributed by atoms with Crippen LogP contribution in [0.4, 0.5) is 5.69 Å². The van der Waals surface area contributed by atoms with Crippen LogP contribution in [0.25, 0.3) is 10.9 Å². The summed E-state index contributed by atoms with van der Waals surface area (Å²) in [6.07, 6.45) is 2.01. The number of hydrogen-bond acceptors (Lipinski definition) is 5. The van der Waals surface area contributed by atoms with Gasteiger partial charge in [-0.15, -0.1) is 0 Å². The van der Waals surface area contributed by atoms with Crippen molar-refractivity contribution < 1.29 is 15.3 Å². The van der Waals surface area contributed by atoms with Crippen molar-refractivity contribution in [2.24, 2.45) is 18.0 Å². The first kappa shape index (κ1) is 21.1. The normalized spacial score (nSPS) is 11.5. The minimum Gasteiger partial charge on any atom is -0.508 e. The van der Waals surface area contributed by atoms with Gasteiger partial charge >= 0.3 is 0 Å². The predicted octanol–water partition coefficient (Wildman–Crippen LogP) is 3.08. The third-order valence-electron chi connectivity index (χ3n) is 4.70. The minimum atomic E-state index is -0.0660. The van der Waals surface area contributed by atoms with Crippen LogP contribution in [0.2, 0.25) is 0 Å². The standard InChI is InChI=1S/C20H24N4O2.CH4O/c1-12(2)15-10-16(19(26)11-18(15)25)20(22-21)24(4)14-5-6-17-13(9-14)7-8-23(17)3;1-2/h5-12,25-26H,21H2,1-4H3;2H,1H3/b22-20-;. The molecule has 0 bridgehead atoms. The Morgan fingerprint density at radius 1 is 1.07 bits per heavy atom. The van der Waals surface area contributed by atoms with E-state index in [9.17, 15) is 10.2 Å². The van der Waals surface area contributed by atoms with Crippen LogP contribution < -0.4 is 10.7 Å². The fourth-order valence-electron chi connectivity index (χ4n) is 3.17. The number of aliphatic hydroxyl groups is 1. The zero-order chi connectivity index (χ0) is 21.0. The van der Waals surface area contributed by atoms with Crippen LogP contribution in [0.5, 0.6) is 11.5 Å². The maximum Gasteiger partial charge on any atom is 0.163 e. The van der Waals surface area contributed by atoms with E-state index in [2.05, 4.69) is 9.67 Å². The maximum absolute atomic E-state index is 10.3. The number of hydrogen-bond donors (Lipinski definition) is 4. The Kier molecular flexibility index (Phi) is 6.53. The summed E-state index contributed by atoms with van der Waals surface area (Å²) in [7, 11) is 4.84. The smallest absolute Gasteiger partial charge is 0.163 e. The Hall–Kier alpha value is -3.19. The van der Waals surface area contributed by atoms with Gasteiger partial charge in [0.15, 0.2) is 5.84 Å². The molecular weight excluding hydrogens is 356 g/mol. The number of aromatic nitrogens is 1. The predicted molar refractivity (Wildman–Crippen MR) is 114 cm³/mol. The molecule has 0 aliphatic carbocycles. The summed E-state index contributed by atoms with van der Waals surface area (Å²) in [5.41, 5.74) is 3.23. The second kappa shape index (κ2) is 8.67. The molecule has 0 spiro atoms. The number of phenolic OH excluding ortho intramolecular Hbond substituents is 2. The van der Waals surface area contributed by atoms with Gasteiger partial charge in [-0.3, -0.25) is 0 Å². The van der Waals surface area contributed by atoms with Crippen LogP contribution in [-0.4, -0.2) is 39.9 Å². The monoisotopic (exact) mass is 384 g/mol. The number of phenols is 2. The number of hydrazone groups is 1. The number of fused-ring (bicyclic) bond motifs is 1. The molecule has 0 saturated heterocycles. The molecule has 150 valence electrons. The van der Waals surface area contributed by atoms with Crippen molar-refractivity contribution in [3.8, 4) is 11.5 Å². The number of aryl methyl sites for hydroxylation is 1. The summed E-state index contributed by atoms with van der Waals surface area (Å²) in [5, 5.41) is 32.4. The second-order valence-electron chi connectivity index (χ2n) is 6.76. The van der Waals surface area contributed by atoms with Crippen molar-refractivity contribution >= 4 is 22.4 Å². The fourth-order valence-corrected chi connectivity index (χ4v) is 3.17. The summed E-state index contributed by atoms with van der Waals surface area (Å²) in [6, 6.07) is 11.2. The number of nitrogens with zero attached hydrogens (tertiary/aromatic N) is 3. The summed E-state index contributed by atoms with van der Waals surface area (Å²) in [4.78, 5) is 1.82. The molecule has 0 radical (unpaired) electrons. The molecule has 0 unspecified atom stereocenters. The lowest BCUT2D eigenvalue weighted by atomic mass is 9.98. The van der Waals surface area contributed by atoms with E-state index < -0.39 is 0 Å². The summed E-state index contributed by atoms with van der Waals surface area (Å²) in [5.74, 6) is 6.17. The SMILES string of the molecule is CC(C)c1cc(/C(=N/N)N(C)c2ccc3c(ccn3C)c2)c(O)cc1O.CO. The van der Waals surface area contributed by atoms with Gasteiger partial charge in [0.05, 0.1) is 5.56 Å². The minimum absolute atomic E-state index is 0.0611. The molecule has 1 heterocycles. The molecular formula is C21H28N4O3. The van der Waals surface area contributed by atoms with Crippen molar-refractivity contribution in [1.29, 1.82) is 0 Å². The van der Waals surface area contributed by atoms with Gasteiger partial charge in [0, 0.05) is 50.1 Å². The Morgan fingerprint density at radius 3 is 2.36 bits per heavy atom. The average molecular weight is 384 g/mol. The van der Waals surface area contributed by atoms with Crippen molar-refractivity contribution in [3.63, 3.8) is 0 Å². The molecule has 7 heteroatoms. The number of benzene rings is 2. The van der Waals surface area contributed by atoms with Crippen LogP contribution in [0.1, 0.15) is 30.9 Å². The number of amidine groups is 1. The highest BCUT2D eigenvalue weighted by molar-refractivity contribution is 6.11. The maximum atomic E-state index is 10.3. The Bertz CT molecular complexity index is 993. The Morgan fingerprint density at radius 2 is 1.75 bits per heavy atom. The molecule has 3 aromatic rings. The van der Waals surface area contributed by atoms with E-state index in [0.29, 0.717) is 11.4 Å². The molecule has 5 N–H and O–H groups in total. The molecule has 2 aromatic carbocycles. The van der Waals surface area contributed by atoms with Gasteiger partial charge in [-0.05, 0) is 41.8 Å². The highest BCUT2D eigenvalue weighted by atomic mass is 16.3. The number of nitrogens with two attached hydrogens (primary N) is 1. The highest BCUT2D eigenvalue weighted by Crippen LogP contribution is 2.34. The molecule has 1 aromatic heterocycles. The van der Waals surface area contributed by atoms with Gasteiger partial charge < -0.3 is 30.6 Å². The lowest BCUT2D eigenvalue weighted by Crippen LogP contribution is -2.28. The quantitative estimate of drug-likeness (QED) is 0.240. The second-order valence-corrected chi connectivity index (χ2v) is 6.76. The summed E-state index contributed by atoms with van der Waals surface area (Å²) < 4.78 is 2.05. The van der Waals surface area contributed by atoms with Crippen LogP contribution in [0.3, 0.4) is 0 Å². The summed E-state index contributed by atoms with van der Waals surface area (Å²) >= 11 is 0. The average Bonchev–Trinajstić information content (AvgIpc) is 3.05. The van der Waals surface area contributed by atoms with Gasteiger partial charge in [-0.2, -0.15) is 5.10 Å². The first-order valence-corrected chi connectivity index (χ1v) is 8.91. The van der Waals surface area contributed by atoms with E-state index in [-0.39, 0.29) is 17.4 Å². The first-order valence-electron chi connectivity index (χ1n) is 8.91. The molecule has 0 fully saturated rings. The first-order chi connectivity index (χ1) is 13.3. The van der Waals surface area contributed by atoms with Gasteiger partial charge in [-0.1, -0.05) is 13.8 Å². The van der Waals surface area contributed by atoms with E-state index in [1.807, 2.05) is 63.3 Å². The molecule has 3 rings (SSSR count). The van der Waals surface area contributed by atoms with Gasteiger partial charge in [0.25, 0.3) is 0 Å². The van der Waals surface area contributed by atoms with Crippen molar-refractivity contribution in [2.75, 3.05) is 19.1 Å². The van der Waals surface area contributed by atoms with E-state index >= 15 is 0 Å². The third-order valence-corrected chi connectivity index (χ3v) is 4.70. The number of aliphatic hydroxyl groups excluding tert-OH is 1. The van der Waals surface area contributed by atoms with Gasteiger partial charge in [0.2, 0.25) is 0 Å². The van der Waals surface area contributed by atoms with Gasteiger partial charge in [-0.25, -0.2) is 0 Å². The molecule has 7 nitrogen and oxygen atoms in total. The zero-order valence-electron chi connectivity index (χ0n) is 16.9. The van der Waals surface area contributed by atoms with Crippen molar-refractivity contribution in [2.45, 2.75) is 19.8 Å². The van der Waals surface area contributed by atoms with E-state index in [1.54, 1.807) is 6.07 Å². The third kappa shape index (κ3) is 3.89. The molecule has 0 atom stereocenters. The molecule has 0 aliphatic rings. The molecule has 28 heavy (non-hydrogen) atoms. The van der Waals surface area contributed by atoms with Crippen LogP contribution in [-0.2, 0) is 7.05 Å². The lowest BCUT2D eigenvalue weighted by Gasteiger charge is -2.23. The van der Waals surface area contributed by atoms with Crippen molar-refractivity contribution in [1.82, 2.24) is 4.57 Å². The lowest BCUT2D eigenvalue weighted by molar-refractivity contribution is 0.399. The molecule has 0 amide bonds. The van der Waals surface area contributed by atoms with Crippen molar-refractivity contribution in [3.05, 3.63) is 53.7 Å². The Balaban J connectivity index is 0.00000136. The zero-order valence-corrected chi connectivity index (χ0v) is 16.9. The van der Waals surface area contributed by atoms with Crippen LogP contribution in [0, 0.1) is 0 Å². The van der Waals surface area contributed by atoms with Crippen LogP contribution >= 0.6 is 0 Å².